The molecule has 4 N–H and O–H groups in total. The lowest BCUT2D eigenvalue weighted by molar-refractivity contribution is -0.124. The molecule has 4 rings (SSSR count). The summed E-state index contributed by atoms with van der Waals surface area (Å²) in [4.78, 5) is 51.0. The van der Waals surface area contributed by atoms with Crippen LogP contribution in [0.4, 0.5) is 0 Å². The largest absolute Gasteiger partial charge is 0.507 e. The van der Waals surface area contributed by atoms with Crippen LogP contribution in [-0.2, 0) is 26.3 Å². The van der Waals surface area contributed by atoms with Crippen LogP contribution in [0.25, 0.3) is 0 Å². The van der Waals surface area contributed by atoms with Crippen molar-refractivity contribution >= 4 is 23.3 Å². The second kappa shape index (κ2) is 8.46. The number of rotatable bonds is 6. The minimum absolute atomic E-state index is 0.00300. The van der Waals surface area contributed by atoms with E-state index in [0.29, 0.717) is 5.76 Å². The Labute approximate surface area is 200 Å². The van der Waals surface area contributed by atoms with Crippen molar-refractivity contribution in [2.24, 2.45) is 0 Å². The number of hydrogen-bond acceptors (Lipinski definition) is 9. The van der Waals surface area contributed by atoms with Gasteiger partial charge in [0.05, 0.1) is 30.5 Å². The number of furan rings is 1. The normalized spacial score (nSPS) is 19.9. The molecule has 1 aliphatic carbocycles. The molecule has 35 heavy (non-hydrogen) atoms. The average molecular weight is 480 g/mol. The number of carbonyl (C=O) groups is 4. The maximum absolute atomic E-state index is 13.7. The first kappa shape index (κ1) is 23.8. The Kier molecular flexibility index (Phi) is 5.75. The van der Waals surface area contributed by atoms with E-state index in [2.05, 4.69) is 10.6 Å². The lowest BCUT2D eigenvalue weighted by atomic mass is 9.70. The molecule has 2 aliphatic rings. The van der Waals surface area contributed by atoms with E-state index < -0.39 is 34.3 Å². The summed E-state index contributed by atoms with van der Waals surface area (Å²) in [7, 11) is 0. The van der Waals surface area contributed by atoms with Crippen LogP contribution < -0.4 is 15.4 Å². The van der Waals surface area contributed by atoms with Gasteiger partial charge in [0.2, 0.25) is 5.91 Å². The molecule has 1 unspecified atom stereocenters. The molecular formula is C25H24N2O8. The predicted molar refractivity (Wildman–Crippen MR) is 122 cm³/mol. The Bertz CT molecular complexity index is 1350. The Morgan fingerprint density at radius 2 is 1.83 bits per heavy atom. The van der Waals surface area contributed by atoms with Crippen LogP contribution in [0.15, 0.2) is 45.9 Å². The van der Waals surface area contributed by atoms with Crippen LogP contribution in [0, 0.1) is 6.92 Å². The number of phenolic OH excluding ortho intramolecular Hbond substituents is 2. The van der Waals surface area contributed by atoms with Crippen LogP contribution in [0.5, 0.6) is 17.2 Å². The fourth-order valence-electron chi connectivity index (χ4n) is 4.33. The smallest absolute Gasteiger partial charge is 0.239 e. The Balaban J connectivity index is 1.67. The molecule has 1 aromatic heterocycles. The van der Waals surface area contributed by atoms with E-state index in [1.54, 1.807) is 12.1 Å². The zero-order valence-electron chi connectivity index (χ0n) is 19.6. The summed E-state index contributed by atoms with van der Waals surface area (Å²) in [5.41, 5.74) is -1.82. The van der Waals surface area contributed by atoms with Gasteiger partial charge in [-0.25, -0.2) is 0 Å². The maximum Gasteiger partial charge on any atom is 0.239 e. The number of allylic oxidation sites excluding steroid dienone is 4. The topological polar surface area (TPSA) is 155 Å². The number of amides is 1. The molecule has 1 aliphatic heterocycles. The Morgan fingerprint density at radius 1 is 1.11 bits per heavy atom. The quantitative estimate of drug-likeness (QED) is 0.276. The molecule has 2 heterocycles. The van der Waals surface area contributed by atoms with E-state index in [1.807, 2.05) is 0 Å². The molecule has 1 atom stereocenters. The number of fused-ring (bicyclic) bond motifs is 3. The van der Waals surface area contributed by atoms with Crippen LogP contribution in [-0.4, -0.2) is 40.0 Å². The molecular weight excluding hydrogens is 456 g/mol. The van der Waals surface area contributed by atoms with Crippen molar-refractivity contribution in [1.82, 2.24) is 10.6 Å². The van der Waals surface area contributed by atoms with Crippen molar-refractivity contribution in [3.63, 3.8) is 0 Å². The highest BCUT2D eigenvalue weighted by Gasteiger charge is 2.56. The van der Waals surface area contributed by atoms with Gasteiger partial charge < -0.3 is 30.0 Å². The number of carbonyl (C=O) groups excluding carboxylic acids is 4. The van der Waals surface area contributed by atoms with E-state index in [4.69, 9.17) is 9.15 Å². The third-order valence-corrected chi connectivity index (χ3v) is 6.31. The number of benzene rings is 1. The van der Waals surface area contributed by atoms with Crippen LogP contribution in [0.3, 0.4) is 0 Å². The monoisotopic (exact) mass is 480 g/mol. The second-order valence-electron chi connectivity index (χ2n) is 8.60. The van der Waals surface area contributed by atoms with Gasteiger partial charge in [-0.2, -0.15) is 0 Å². The predicted octanol–water partition coefficient (Wildman–Crippen LogP) is 2.07. The highest BCUT2D eigenvalue weighted by Crippen LogP contribution is 2.57. The highest BCUT2D eigenvalue weighted by molar-refractivity contribution is 6.31. The molecule has 0 saturated heterocycles. The van der Waals surface area contributed by atoms with Gasteiger partial charge in [-0.15, -0.1) is 0 Å². The summed E-state index contributed by atoms with van der Waals surface area (Å²) in [6, 6.07) is 3.41. The fourth-order valence-corrected chi connectivity index (χ4v) is 4.33. The summed E-state index contributed by atoms with van der Waals surface area (Å²) in [6.07, 6.45) is 2.61. The zero-order valence-corrected chi connectivity index (χ0v) is 19.6. The third kappa shape index (κ3) is 3.67. The van der Waals surface area contributed by atoms with Gasteiger partial charge in [0, 0.05) is 17.3 Å². The Morgan fingerprint density at radius 3 is 2.46 bits per heavy atom. The number of ether oxygens (including phenoxy) is 1. The first-order chi connectivity index (χ1) is 16.5. The maximum atomic E-state index is 13.7. The Hall–Kier alpha value is -4.34. The molecule has 0 spiro atoms. The summed E-state index contributed by atoms with van der Waals surface area (Å²) >= 11 is 0. The second-order valence-corrected chi connectivity index (χ2v) is 8.60. The van der Waals surface area contributed by atoms with Crippen LogP contribution >= 0.6 is 0 Å². The fraction of sp³-hybridized carbons (Fsp3) is 0.280. The molecule has 0 fully saturated rings. The molecule has 182 valence electrons. The van der Waals surface area contributed by atoms with Gasteiger partial charge in [-0.05, 0) is 39.8 Å². The number of nitrogens with one attached hydrogen (secondary N) is 2. The van der Waals surface area contributed by atoms with E-state index >= 15 is 0 Å². The molecule has 10 heteroatoms. The minimum Gasteiger partial charge on any atom is -0.507 e. The van der Waals surface area contributed by atoms with Crippen molar-refractivity contribution in [2.75, 3.05) is 6.54 Å². The summed E-state index contributed by atoms with van der Waals surface area (Å²) in [5.74, 6) is -2.74. The SMILES string of the molecule is CC(=O)c1c(O)c(C)c(O)c2c1OC1=CC(=O)C(=C(C)NCC(=O)NCc3ccco3)C(=O)C12C. The number of phenols is 2. The average Bonchev–Trinajstić information content (AvgIpc) is 3.41. The van der Waals surface area contributed by atoms with Crippen molar-refractivity contribution in [1.29, 1.82) is 0 Å². The molecule has 10 nitrogen and oxygen atoms in total. The van der Waals surface area contributed by atoms with E-state index in [0.717, 1.165) is 6.08 Å². The number of Topliss-reactive ketones (excluding diaryl/α,β-unsaturated/α-hetero) is 2. The highest BCUT2D eigenvalue weighted by atomic mass is 16.5. The van der Waals surface area contributed by atoms with Crippen LogP contribution in [0.2, 0.25) is 0 Å². The molecule has 1 aromatic carbocycles. The van der Waals surface area contributed by atoms with E-state index in [1.165, 1.54) is 34.0 Å². The van der Waals surface area contributed by atoms with Gasteiger partial charge in [0.15, 0.2) is 17.3 Å². The summed E-state index contributed by atoms with van der Waals surface area (Å²) in [6.45, 7) is 5.58. The first-order valence-electron chi connectivity index (χ1n) is 10.8. The lowest BCUT2D eigenvalue weighted by Crippen LogP contribution is -2.42. The summed E-state index contributed by atoms with van der Waals surface area (Å²) in [5, 5.41) is 26.7. The van der Waals surface area contributed by atoms with Crippen LogP contribution in [0.1, 0.15) is 48.0 Å². The molecule has 0 saturated carbocycles. The van der Waals surface area contributed by atoms with E-state index in [-0.39, 0.29) is 58.5 Å². The van der Waals surface area contributed by atoms with Gasteiger partial charge in [0.1, 0.15) is 39.7 Å². The van der Waals surface area contributed by atoms with Gasteiger partial charge in [-0.3, -0.25) is 19.2 Å². The number of hydrogen-bond donors (Lipinski definition) is 4. The van der Waals surface area contributed by atoms with Crippen molar-refractivity contribution < 1.29 is 38.5 Å². The van der Waals surface area contributed by atoms with Gasteiger partial charge >= 0.3 is 0 Å². The summed E-state index contributed by atoms with van der Waals surface area (Å²) < 4.78 is 10.9. The molecule has 2 aromatic rings. The molecule has 1 amide bonds. The van der Waals surface area contributed by atoms with Gasteiger partial charge in [-0.1, -0.05) is 0 Å². The molecule has 0 bridgehead atoms. The zero-order chi connectivity index (χ0) is 25.7. The standard InChI is InChI=1S/C25H24N2O8/c1-11-21(31)19(13(3)28)23-20(22(11)32)25(4)16(35-23)8-15(29)18(24(25)33)12(2)26-10-17(30)27-9-14-6-5-7-34-14/h5-8,26,31-32H,9-10H2,1-4H3,(H,27,30). The molecule has 0 radical (unpaired) electrons. The number of ketones is 3. The third-order valence-electron chi connectivity index (χ3n) is 6.31. The first-order valence-corrected chi connectivity index (χ1v) is 10.8. The van der Waals surface area contributed by atoms with Crippen molar-refractivity contribution in [3.8, 4) is 17.2 Å². The lowest BCUT2D eigenvalue weighted by Gasteiger charge is -2.29. The number of aromatic hydroxyl groups is 2. The minimum atomic E-state index is -1.62. The van der Waals surface area contributed by atoms with Gasteiger partial charge in [0.25, 0.3) is 0 Å². The van der Waals surface area contributed by atoms with Crippen molar-refractivity contribution in [2.45, 2.75) is 39.7 Å². The van der Waals surface area contributed by atoms with E-state index in [9.17, 15) is 29.4 Å². The van der Waals surface area contributed by atoms with Crippen molar-refractivity contribution in [3.05, 3.63) is 64.0 Å².